The van der Waals surface area contributed by atoms with E-state index in [-0.39, 0.29) is 41.9 Å². The Kier molecular flexibility index (Phi) is 6.69. The van der Waals surface area contributed by atoms with Gasteiger partial charge in [-0.25, -0.2) is 12.8 Å². The van der Waals surface area contributed by atoms with Crippen LogP contribution in [-0.2, 0) is 19.6 Å². The van der Waals surface area contributed by atoms with Crippen molar-refractivity contribution >= 4 is 21.6 Å². The lowest BCUT2D eigenvalue weighted by Gasteiger charge is -2.37. The number of aliphatic hydroxyl groups is 1. The van der Waals surface area contributed by atoms with E-state index < -0.39 is 28.0 Å². The predicted molar refractivity (Wildman–Crippen MR) is 126 cm³/mol. The molecule has 1 saturated carbocycles. The molecule has 5 rings (SSSR count). The number of carbonyl (C=O) groups is 1. The van der Waals surface area contributed by atoms with Crippen LogP contribution < -0.4 is 14.8 Å². The Labute approximate surface area is 203 Å². The first-order chi connectivity index (χ1) is 16.8. The molecule has 3 N–H and O–H groups in total. The summed E-state index contributed by atoms with van der Waals surface area (Å²) in [7, 11) is -3.91. The molecule has 2 heterocycles. The van der Waals surface area contributed by atoms with Crippen molar-refractivity contribution in [2.24, 2.45) is 0 Å². The van der Waals surface area contributed by atoms with Crippen LogP contribution in [0.15, 0.2) is 47.4 Å². The second kappa shape index (κ2) is 9.75. The van der Waals surface area contributed by atoms with Crippen LogP contribution in [0, 0.1) is 5.82 Å². The number of amides is 1. The van der Waals surface area contributed by atoms with Crippen molar-refractivity contribution in [1.82, 2.24) is 5.32 Å². The number of fused-ring (bicyclic) bond motifs is 3. The highest BCUT2D eigenvalue weighted by Crippen LogP contribution is 2.47. The molecule has 2 aliphatic heterocycles. The molecule has 8 nitrogen and oxygen atoms in total. The zero-order valence-corrected chi connectivity index (χ0v) is 20.0. The molecule has 1 aliphatic carbocycles. The molecule has 188 valence electrons. The topological polar surface area (TPSA) is 114 Å². The molecular formula is C25H29FN2O6S. The van der Waals surface area contributed by atoms with E-state index in [1.54, 1.807) is 18.2 Å². The lowest BCUT2D eigenvalue weighted by molar-refractivity contribution is -0.142. The predicted octanol–water partition coefficient (Wildman–Crippen LogP) is 3.07. The van der Waals surface area contributed by atoms with E-state index in [4.69, 9.17) is 9.47 Å². The molecular weight excluding hydrogens is 475 g/mol. The quantitative estimate of drug-likeness (QED) is 0.534. The van der Waals surface area contributed by atoms with Crippen molar-refractivity contribution in [3.05, 3.63) is 53.8 Å². The Hall–Kier alpha value is -2.69. The van der Waals surface area contributed by atoms with Gasteiger partial charge in [0.2, 0.25) is 5.91 Å². The first kappa shape index (κ1) is 24.0. The summed E-state index contributed by atoms with van der Waals surface area (Å²) in [5.74, 6) is -0.135. The molecule has 0 aromatic heterocycles. The van der Waals surface area contributed by atoms with Crippen LogP contribution in [0.4, 0.5) is 10.1 Å². The molecule has 2 aromatic rings. The minimum atomic E-state index is -3.91. The zero-order valence-electron chi connectivity index (χ0n) is 19.2. The number of anilines is 1. The fourth-order valence-corrected chi connectivity index (χ4v) is 6.39. The summed E-state index contributed by atoms with van der Waals surface area (Å²) in [4.78, 5) is 12.5. The van der Waals surface area contributed by atoms with Crippen molar-refractivity contribution in [1.29, 1.82) is 0 Å². The van der Waals surface area contributed by atoms with E-state index >= 15 is 0 Å². The van der Waals surface area contributed by atoms with E-state index in [2.05, 4.69) is 10.0 Å². The van der Waals surface area contributed by atoms with Crippen LogP contribution in [0.3, 0.4) is 0 Å². The lowest BCUT2D eigenvalue weighted by atomic mass is 9.84. The molecule has 3 aliphatic rings. The number of aliphatic hydroxyl groups excluding tert-OH is 1. The minimum Gasteiger partial charge on any atom is -0.487 e. The van der Waals surface area contributed by atoms with Crippen LogP contribution in [-0.4, -0.2) is 50.4 Å². The van der Waals surface area contributed by atoms with Crippen LogP contribution in [0.25, 0.3) is 0 Å². The van der Waals surface area contributed by atoms with Crippen LogP contribution in [0.1, 0.15) is 50.0 Å². The first-order valence-electron chi connectivity index (χ1n) is 12.0. The molecule has 2 fully saturated rings. The Morgan fingerprint density at radius 1 is 1.11 bits per heavy atom. The van der Waals surface area contributed by atoms with Gasteiger partial charge >= 0.3 is 0 Å². The van der Waals surface area contributed by atoms with Crippen molar-refractivity contribution in [2.45, 2.75) is 73.7 Å². The van der Waals surface area contributed by atoms with E-state index in [1.807, 2.05) is 0 Å². The van der Waals surface area contributed by atoms with Crippen molar-refractivity contribution in [2.75, 3.05) is 11.3 Å². The maximum absolute atomic E-state index is 13.2. The average molecular weight is 505 g/mol. The van der Waals surface area contributed by atoms with Crippen molar-refractivity contribution < 1.29 is 32.2 Å². The third kappa shape index (κ3) is 5.14. The smallest absolute Gasteiger partial charge is 0.261 e. The normalized spacial score (nSPS) is 26.0. The van der Waals surface area contributed by atoms with Gasteiger partial charge in [0.25, 0.3) is 10.0 Å². The maximum atomic E-state index is 13.2. The highest BCUT2D eigenvalue weighted by molar-refractivity contribution is 7.92. The summed E-state index contributed by atoms with van der Waals surface area (Å²) in [6, 6.07) is 9.82. The van der Waals surface area contributed by atoms with Gasteiger partial charge in [-0.05, 0) is 61.7 Å². The first-order valence-corrected chi connectivity index (χ1v) is 13.5. The van der Waals surface area contributed by atoms with Crippen LogP contribution >= 0.6 is 0 Å². The van der Waals surface area contributed by atoms with E-state index in [9.17, 15) is 22.7 Å². The monoisotopic (exact) mass is 504 g/mol. The van der Waals surface area contributed by atoms with Crippen molar-refractivity contribution in [3.63, 3.8) is 0 Å². The van der Waals surface area contributed by atoms with Gasteiger partial charge in [-0.15, -0.1) is 0 Å². The lowest BCUT2D eigenvalue weighted by Crippen LogP contribution is -2.47. The van der Waals surface area contributed by atoms with Gasteiger partial charge in [0, 0.05) is 23.2 Å². The number of nitrogens with one attached hydrogen (secondary N) is 2. The number of halogens is 1. The Balaban J connectivity index is 1.32. The number of sulfonamides is 1. The SMILES string of the molecule is O=C(C[C@H]1C[C@H]2c3cc(NS(=O)(=O)c4ccc(F)cc4)ccc3O[C@H]2[C@@H](CO)O1)NC1CCCC1. The summed E-state index contributed by atoms with van der Waals surface area (Å²) in [5.41, 5.74) is 1.15. The van der Waals surface area contributed by atoms with E-state index in [1.165, 1.54) is 12.1 Å². The molecule has 1 amide bonds. The Bertz CT molecular complexity index is 1180. The molecule has 0 spiro atoms. The molecule has 4 atom stereocenters. The number of benzene rings is 2. The summed E-state index contributed by atoms with van der Waals surface area (Å²) >= 11 is 0. The number of ether oxygens (including phenoxy) is 2. The number of hydrogen-bond donors (Lipinski definition) is 3. The molecule has 10 heteroatoms. The maximum Gasteiger partial charge on any atom is 0.261 e. The van der Waals surface area contributed by atoms with Crippen LogP contribution in [0.5, 0.6) is 5.75 Å². The summed E-state index contributed by atoms with van der Waals surface area (Å²) in [6.45, 7) is -0.250. The van der Waals surface area contributed by atoms with Gasteiger partial charge in [-0.3, -0.25) is 9.52 Å². The van der Waals surface area contributed by atoms with Gasteiger partial charge < -0.3 is 19.9 Å². The van der Waals surface area contributed by atoms with Gasteiger partial charge in [-0.2, -0.15) is 0 Å². The van der Waals surface area contributed by atoms with Crippen LogP contribution in [0.2, 0.25) is 0 Å². The summed E-state index contributed by atoms with van der Waals surface area (Å²) < 4.78 is 53.3. The van der Waals surface area contributed by atoms with Gasteiger partial charge in [-0.1, -0.05) is 12.8 Å². The number of hydrogen-bond acceptors (Lipinski definition) is 6. The summed E-state index contributed by atoms with van der Waals surface area (Å²) in [6.07, 6.45) is 3.56. The fraction of sp³-hybridized carbons (Fsp3) is 0.480. The van der Waals surface area contributed by atoms with Gasteiger partial charge in [0.1, 0.15) is 23.8 Å². The molecule has 35 heavy (non-hydrogen) atoms. The molecule has 2 aromatic carbocycles. The third-order valence-electron chi connectivity index (χ3n) is 7.01. The fourth-order valence-electron chi connectivity index (χ4n) is 5.34. The average Bonchev–Trinajstić information content (AvgIpc) is 3.46. The van der Waals surface area contributed by atoms with Gasteiger partial charge in [0.15, 0.2) is 0 Å². The largest absolute Gasteiger partial charge is 0.487 e. The van der Waals surface area contributed by atoms with Gasteiger partial charge in [0.05, 0.1) is 24.0 Å². The van der Waals surface area contributed by atoms with E-state index in [0.717, 1.165) is 43.4 Å². The second-order valence-electron chi connectivity index (χ2n) is 9.47. The minimum absolute atomic E-state index is 0.0479. The highest BCUT2D eigenvalue weighted by atomic mass is 32.2. The molecule has 0 unspecified atom stereocenters. The summed E-state index contributed by atoms with van der Waals surface area (Å²) in [5, 5.41) is 13.0. The molecule has 1 saturated heterocycles. The molecule has 0 bridgehead atoms. The third-order valence-corrected chi connectivity index (χ3v) is 8.41. The standard InChI is InChI=1S/C25H29FN2O6S/c26-15-5-8-19(9-6-15)35(31,32)28-17-7-10-22-20(11-17)21-12-18(33-23(14-29)25(21)34-22)13-24(30)27-16-3-1-2-4-16/h5-11,16,18,21,23,25,28-29H,1-4,12-14H2,(H,27,30)/t18-,21+,23-,25-/m1/s1. The highest BCUT2D eigenvalue weighted by Gasteiger charge is 2.46. The number of carbonyl (C=O) groups excluding carboxylic acids is 1. The molecule has 0 radical (unpaired) electrons. The van der Waals surface area contributed by atoms with E-state index in [0.29, 0.717) is 17.9 Å². The van der Waals surface area contributed by atoms with Crippen molar-refractivity contribution in [3.8, 4) is 5.75 Å². The Morgan fingerprint density at radius 2 is 1.86 bits per heavy atom. The second-order valence-corrected chi connectivity index (χ2v) is 11.2. The number of rotatable bonds is 7. The zero-order chi connectivity index (χ0) is 24.6. The Morgan fingerprint density at radius 3 is 2.57 bits per heavy atom.